The zero-order valence-electron chi connectivity index (χ0n) is 21.4. The number of aromatic nitrogens is 3. The lowest BCUT2D eigenvalue weighted by Crippen LogP contribution is -2.27. The largest absolute Gasteiger partial charge is 0.493 e. The van der Waals surface area contributed by atoms with Crippen LogP contribution in [0.5, 0.6) is 5.75 Å². The van der Waals surface area contributed by atoms with E-state index >= 15 is 0 Å². The highest BCUT2D eigenvalue weighted by molar-refractivity contribution is 5.97. The van der Waals surface area contributed by atoms with Crippen LogP contribution >= 0.6 is 0 Å². The molecule has 198 valence electrons. The van der Waals surface area contributed by atoms with Gasteiger partial charge in [-0.25, -0.2) is 14.5 Å². The molecule has 40 heavy (non-hydrogen) atoms. The van der Waals surface area contributed by atoms with Gasteiger partial charge in [-0.2, -0.15) is 10.4 Å². The van der Waals surface area contributed by atoms with Gasteiger partial charge < -0.3 is 15.2 Å². The Bertz CT molecular complexity index is 1670. The number of pyridine rings is 1. The lowest BCUT2D eigenvalue weighted by atomic mass is 9.85. The minimum Gasteiger partial charge on any atom is -0.493 e. The molecule has 0 unspecified atom stereocenters. The summed E-state index contributed by atoms with van der Waals surface area (Å²) in [6, 6.07) is 19.0. The van der Waals surface area contributed by atoms with E-state index in [1.165, 1.54) is 6.08 Å². The molecule has 4 aromatic rings. The highest BCUT2D eigenvalue weighted by atomic mass is 16.5. The summed E-state index contributed by atoms with van der Waals surface area (Å²) in [7, 11) is 0. The van der Waals surface area contributed by atoms with Crippen molar-refractivity contribution in [1.29, 1.82) is 5.26 Å². The molecular formula is C31H25N5O4. The number of hydrogen-bond acceptors (Lipinski definition) is 6. The number of hydrogen-bond donors (Lipinski definition) is 2. The third-order valence-corrected chi connectivity index (χ3v) is 7.63. The molecule has 9 heteroatoms. The maximum absolute atomic E-state index is 13.5. The van der Waals surface area contributed by atoms with E-state index in [1.54, 1.807) is 29.1 Å². The van der Waals surface area contributed by atoms with Crippen LogP contribution in [0.3, 0.4) is 0 Å². The summed E-state index contributed by atoms with van der Waals surface area (Å²) in [5, 5.41) is 25.5. The Morgan fingerprint density at radius 2 is 2.08 bits per heavy atom. The van der Waals surface area contributed by atoms with Crippen LogP contribution in [0, 0.1) is 17.2 Å². The van der Waals surface area contributed by atoms with Crippen LogP contribution in [0.25, 0.3) is 16.9 Å². The van der Waals surface area contributed by atoms with E-state index in [4.69, 9.17) is 9.84 Å². The monoisotopic (exact) mass is 531 g/mol. The third kappa shape index (κ3) is 4.71. The van der Waals surface area contributed by atoms with Gasteiger partial charge in [0.25, 0.3) is 0 Å². The van der Waals surface area contributed by atoms with Gasteiger partial charge in [0.1, 0.15) is 5.75 Å². The van der Waals surface area contributed by atoms with Gasteiger partial charge in [-0.15, -0.1) is 0 Å². The van der Waals surface area contributed by atoms with E-state index in [0.717, 1.165) is 46.3 Å². The maximum atomic E-state index is 13.5. The molecule has 1 fully saturated rings. The third-order valence-electron chi connectivity index (χ3n) is 7.63. The van der Waals surface area contributed by atoms with Gasteiger partial charge in [0, 0.05) is 52.8 Å². The number of rotatable bonds is 7. The van der Waals surface area contributed by atoms with Crippen molar-refractivity contribution >= 4 is 17.6 Å². The van der Waals surface area contributed by atoms with E-state index in [2.05, 4.69) is 27.5 Å². The van der Waals surface area contributed by atoms with E-state index in [9.17, 15) is 14.9 Å². The van der Waals surface area contributed by atoms with Crippen molar-refractivity contribution < 1.29 is 19.4 Å². The predicted octanol–water partition coefficient (Wildman–Crippen LogP) is 4.67. The number of carboxylic acid groups (broad SMARTS) is 1. The van der Waals surface area contributed by atoms with Crippen molar-refractivity contribution in [1.82, 2.24) is 14.8 Å². The zero-order chi connectivity index (χ0) is 27.7. The minimum absolute atomic E-state index is 0.123. The summed E-state index contributed by atoms with van der Waals surface area (Å²) in [5.74, 6) is 0.100. The molecule has 1 saturated carbocycles. The first-order chi connectivity index (χ1) is 19.5. The van der Waals surface area contributed by atoms with Crippen molar-refractivity contribution in [3.05, 3.63) is 102 Å². The van der Waals surface area contributed by atoms with Gasteiger partial charge in [0.2, 0.25) is 5.91 Å². The number of nitriles is 1. The number of carbonyl (C=O) groups excluding carboxylic acids is 1. The standard InChI is InChI=1S/C31H25N5O4/c32-18-20-5-6-21(3-1-4-29(37)38)26(15-20)35-30(39)25-17-31(25)11-14-40-27-9-7-22(16-24(27)31)23-8-10-28(33-19-23)36-13-2-12-34-36/h1-2,4-10,12-13,15-16,19,25H,3,11,14,17H2,(H,35,39)(H,37,38)/t25-,31-/m0/s1. The molecule has 6 rings (SSSR count). The molecule has 2 aromatic carbocycles. The number of fused-ring (bicyclic) bond motifs is 2. The van der Waals surface area contributed by atoms with Crippen LogP contribution in [0.2, 0.25) is 0 Å². The number of amides is 1. The average molecular weight is 532 g/mol. The topological polar surface area (TPSA) is 130 Å². The van der Waals surface area contributed by atoms with Gasteiger partial charge in [-0.05, 0) is 72.9 Å². The van der Waals surface area contributed by atoms with Crippen molar-refractivity contribution in [2.24, 2.45) is 5.92 Å². The summed E-state index contributed by atoms with van der Waals surface area (Å²) in [5.41, 5.74) is 4.30. The number of allylic oxidation sites excluding steroid dienone is 1. The lowest BCUT2D eigenvalue weighted by Gasteiger charge is -2.27. The fourth-order valence-electron chi connectivity index (χ4n) is 5.47. The lowest BCUT2D eigenvalue weighted by molar-refractivity contribution is -0.131. The van der Waals surface area contributed by atoms with E-state index < -0.39 is 5.97 Å². The van der Waals surface area contributed by atoms with Crippen LogP contribution < -0.4 is 10.1 Å². The van der Waals surface area contributed by atoms with Gasteiger partial charge in [0.05, 0.1) is 18.2 Å². The minimum atomic E-state index is -1.04. The number of aliphatic carboxylic acids is 1. The highest BCUT2D eigenvalue weighted by Gasteiger charge is 2.61. The predicted molar refractivity (Wildman–Crippen MR) is 147 cm³/mol. The second-order valence-corrected chi connectivity index (χ2v) is 10.00. The Morgan fingerprint density at radius 1 is 1.20 bits per heavy atom. The molecule has 1 aliphatic heterocycles. The summed E-state index contributed by atoms with van der Waals surface area (Å²) < 4.78 is 7.67. The number of ether oxygens (including phenoxy) is 1. The van der Waals surface area contributed by atoms with Crippen LogP contribution in [0.4, 0.5) is 5.69 Å². The van der Waals surface area contributed by atoms with Crippen molar-refractivity contribution in [3.8, 4) is 28.8 Å². The van der Waals surface area contributed by atoms with Crippen LogP contribution in [0.15, 0.2) is 85.3 Å². The summed E-state index contributed by atoms with van der Waals surface area (Å²) in [4.78, 5) is 29.0. The number of nitrogens with one attached hydrogen (secondary N) is 1. The molecule has 1 aliphatic carbocycles. The Balaban J connectivity index is 1.25. The van der Waals surface area contributed by atoms with E-state index in [-0.39, 0.29) is 17.2 Å². The Labute approximate surface area is 230 Å². The molecule has 1 spiro atoms. The Hall–Kier alpha value is -5.23. The molecule has 2 N–H and O–H groups in total. The van der Waals surface area contributed by atoms with Gasteiger partial charge in [-0.3, -0.25) is 4.79 Å². The molecule has 2 aliphatic rings. The number of anilines is 1. The molecule has 2 aromatic heterocycles. The summed E-state index contributed by atoms with van der Waals surface area (Å²) in [6.07, 6.45) is 9.68. The molecule has 0 bridgehead atoms. The molecular weight excluding hydrogens is 506 g/mol. The second-order valence-electron chi connectivity index (χ2n) is 10.00. The Kier molecular flexibility index (Phi) is 6.36. The quantitative estimate of drug-likeness (QED) is 0.332. The first-order valence-corrected chi connectivity index (χ1v) is 12.9. The van der Waals surface area contributed by atoms with Gasteiger partial charge in [-0.1, -0.05) is 18.2 Å². The summed E-state index contributed by atoms with van der Waals surface area (Å²) >= 11 is 0. The first kappa shape index (κ1) is 25.1. The average Bonchev–Trinajstić information content (AvgIpc) is 3.41. The SMILES string of the molecule is N#Cc1ccc(CC=CC(=O)O)c(NC(=O)[C@@H]2C[C@]23CCOc2ccc(-c4ccc(-n5cccn5)nc4)cc23)c1. The van der Waals surface area contributed by atoms with E-state index in [1.807, 2.05) is 42.7 Å². The van der Waals surface area contributed by atoms with Crippen LogP contribution in [-0.4, -0.2) is 38.4 Å². The molecule has 0 radical (unpaired) electrons. The number of carboxylic acids is 1. The number of carbonyl (C=O) groups is 2. The smallest absolute Gasteiger partial charge is 0.327 e. The first-order valence-electron chi connectivity index (χ1n) is 12.9. The van der Waals surface area contributed by atoms with Crippen molar-refractivity contribution in [3.63, 3.8) is 0 Å². The van der Waals surface area contributed by atoms with Crippen molar-refractivity contribution in [2.45, 2.75) is 24.7 Å². The van der Waals surface area contributed by atoms with Crippen LogP contribution in [-0.2, 0) is 21.4 Å². The van der Waals surface area contributed by atoms with Gasteiger partial charge >= 0.3 is 5.97 Å². The second kappa shape index (κ2) is 10.2. The fourth-order valence-corrected chi connectivity index (χ4v) is 5.47. The Morgan fingerprint density at radius 3 is 2.83 bits per heavy atom. The zero-order valence-corrected chi connectivity index (χ0v) is 21.4. The molecule has 1 amide bonds. The molecule has 3 heterocycles. The molecule has 2 atom stereocenters. The maximum Gasteiger partial charge on any atom is 0.327 e. The fraction of sp³-hybridized carbons (Fsp3) is 0.194. The molecule has 0 saturated heterocycles. The molecule has 9 nitrogen and oxygen atoms in total. The van der Waals surface area contributed by atoms with Gasteiger partial charge in [0.15, 0.2) is 5.82 Å². The number of nitrogens with zero attached hydrogens (tertiary/aromatic N) is 4. The highest BCUT2D eigenvalue weighted by Crippen LogP contribution is 2.61. The summed E-state index contributed by atoms with van der Waals surface area (Å²) in [6.45, 7) is 0.533. The van der Waals surface area contributed by atoms with E-state index in [0.29, 0.717) is 30.7 Å². The normalized spacial score (nSPS) is 19.0. The number of benzene rings is 2. The van der Waals surface area contributed by atoms with Crippen molar-refractivity contribution in [2.75, 3.05) is 11.9 Å². The van der Waals surface area contributed by atoms with Crippen LogP contribution in [0.1, 0.15) is 29.5 Å².